The summed E-state index contributed by atoms with van der Waals surface area (Å²) in [5, 5.41) is 2.69. The van der Waals surface area contributed by atoms with Crippen molar-refractivity contribution in [2.75, 3.05) is 5.32 Å². The zero-order valence-corrected chi connectivity index (χ0v) is 12.5. The Balaban J connectivity index is 1.62. The van der Waals surface area contributed by atoms with Gasteiger partial charge in [0.05, 0.1) is 0 Å². The third-order valence-corrected chi connectivity index (χ3v) is 3.18. The zero-order chi connectivity index (χ0) is 16.9. The van der Waals surface area contributed by atoms with E-state index >= 15 is 0 Å². The fraction of sp³-hybridized carbons (Fsp3) is 0.0556. The van der Waals surface area contributed by atoms with E-state index in [1.807, 2.05) is 6.07 Å². The Morgan fingerprint density at radius 1 is 1.04 bits per heavy atom. The van der Waals surface area contributed by atoms with Crippen LogP contribution in [0.4, 0.5) is 14.5 Å². The maximum absolute atomic E-state index is 13.5. The van der Waals surface area contributed by atoms with Crippen LogP contribution in [0.25, 0.3) is 0 Å². The number of rotatable bonds is 5. The fourth-order valence-corrected chi connectivity index (χ4v) is 2.03. The number of ether oxygens (including phenoxy) is 1. The van der Waals surface area contributed by atoms with Crippen molar-refractivity contribution in [3.05, 3.63) is 83.8 Å². The Morgan fingerprint density at radius 3 is 2.58 bits per heavy atom. The van der Waals surface area contributed by atoms with Crippen molar-refractivity contribution >= 4 is 11.6 Å². The van der Waals surface area contributed by atoms with Gasteiger partial charge in [0.1, 0.15) is 18.2 Å². The van der Waals surface area contributed by atoms with Gasteiger partial charge in [0.25, 0.3) is 5.91 Å². The molecule has 0 spiro atoms. The molecule has 4 nitrogen and oxygen atoms in total. The summed E-state index contributed by atoms with van der Waals surface area (Å²) < 4.78 is 36.9. The van der Waals surface area contributed by atoms with Gasteiger partial charge in [0.2, 0.25) is 0 Å². The van der Waals surface area contributed by atoms with Gasteiger partial charge in [-0.15, -0.1) is 0 Å². The zero-order valence-electron chi connectivity index (χ0n) is 12.5. The molecule has 3 aromatic rings. The number of hydrogen-bond acceptors (Lipinski definition) is 3. The number of hydrogen-bond donors (Lipinski definition) is 1. The molecule has 1 heterocycles. The number of halogens is 2. The highest BCUT2D eigenvalue weighted by Crippen LogP contribution is 2.20. The van der Waals surface area contributed by atoms with Crippen molar-refractivity contribution in [3.63, 3.8) is 0 Å². The highest BCUT2D eigenvalue weighted by Gasteiger charge is 2.12. The van der Waals surface area contributed by atoms with E-state index in [9.17, 15) is 13.6 Å². The van der Waals surface area contributed by atoms with Gasteiger partial charge in [0, 0.05) is 11.8 Å². The molecule has 0 saturated carbocycles. The van der Waals surface area contributed by atoms with E-state index in [2.05, 4.69) is 5.32 Å². The van der Waals surface area contributed by atoms with Crippen LogP contribution in [0.1, 0.15) is 16.3 Å². The second-order valence-electron chi connectivity index (χ2n) is 4.95. The molecule has 0 atom stereocenters. The lowest BCUT2D eigenvalue weighted by Gasteiger charge is -2.05. The lowest BCUT2D eigenvalue weighted by atomic mass is 10.3. The molecule has 1 N–H and O–H groups in total. The van der Waals surface area contributed by atoms with Gasteiger partial charge in [-0.2, -0.15) is 0 Å². The fourth-order valence-electron chi connectivity index (χ4n) is 2.03. The quantitative estimate of drug-likeness (QED) is 0.755. The molecule has 0 aliphatic carbocycles. The smallest absolute Gasteiger partial charge is 0.291 e. The number of furan rings is 1. The summed E-state index contributed by atoms with van der Waals surface area (Å²) in [5.74, 6) is -1.53. The first-order valence-corrected chi connectivity index (χ1v) is 7.15. The molecule has 0 unspecified atom stereocenters. The summed E-state index contributed by atoms with van der Waals surface area (Å²) in [6, 6.07) is 15.0. The van der Waals surface area contributed by atoms with Crippen molar-refractivity contribution in [1.29, 1.82) is 0 Å². The monoisotopic (exact) mass is 329 g/mol. The summed E-state index contributed by atoms with van der Waals surface area (Å²) in [6.07, 6.45) is 0. The van der Waals surface area contributed by atoms with E-state index in [0.29, 0.717) is 11.4 Å². The SMILES string of the molecule is O=C(Nc1ccccc1)c1ccc(COc2ccc(F)cc2F)o1. The van der Waals surface area contributed by atoms with Crippen LogP contribution in [-0.2, 0) is 6.61 Å². The lowest BCUT2D eigenvalue weighted by Crippen LogP contribution is -2.10. The van der Waals surface area contributed by atoms with E-state index in [0.717, 1.165) is 12.1 Å². The van der Waals surface area contributed by atoms with Crippen LogP contribution in [0.5, 0.6) is 5.75 Å². The summed E-state index contributed by atoms with van der Waals surface area (Å²) in [5.41, 5.74) is 0.644. The molecule has 0 radical (unpaired) electrons. The van der Waals surface area contributed by atoms with Crippen molar-refractivity contribution < 1.29 is 22.7 Å². The van der Waals surface area contributed by atoms with Gasteiger partial charge in [-0.25, -0.2) is 8.78 Å². The Bertz CT molecular complexity index is 846. The Hall–Kier alpha value is -3.15. The lowest BCUT2D eigenvalue weighted by molar-refractivity contribution is 0.0992. The van der Waals surface area contributed by atoms with Crippen molar-refractivity contribution in [2.24, 2.45) is 0 Å². The van der Waals surface area contributed by atoms with Crippen molar-refractivity contribution in [3.8, 4) is 5.75 Å². The summed E-state index contributed by atoms with van der Waals surface area (Å²) in [7, 11) is 0. The van der Waals surface area contributed by atoms with Crippen molar-refractivity contribution in [1.82, 2.24) is 0 Å². The van der Waals surface area contributed by atoms with Gasteiger partial charge in [-0.1, -0.05) is 18.2 Å². The Labute approximate surface area is 136 Å². The predicted molar refractivity (Wildman–Crippen MR) is 83.8 cm³/mol. The summed E-state index contributed by atoms with van der Waals surface area (Å²) in [4.78, 5) is 12.0. The molecular weight excluding hydrogens is 316 g/mol. The average molecular weight is 329 g/mol. The van der Waals surface area contributed by atoms with Gasteiger partial charge < -0.3 is 14.5 Å². The van der Waals surface area contributed by atoms with E-state index in [-0.39, 0.29) is 18.1 Å². The molecular formula is C18H13F2NO3. The molecule has 0 bridgehead atoms. The highest BCUT2D eigenvalue weighted by molar-refractivity contribution is 6.02. The first-order valence-electron chi connectivity index (χ1n) is 7.15. The average Bonchev–Trinajstić information content (AvgIpc) is 3.04. The second-order valence-corrected chi connectivity index (χ2v) is 4.95. The first-order chi connectivity index (χ1) is 11.6. The molecule has 6 heteroatoms. The Morgan fingerprint density at radius 2 is 1.83 bits per heavy atom. The molecule has 0 aliphatic rings. The molecule has 122 valence electrons. The van der Waals surface area contributed by atoms with Crippen LogP contribution in [0.15, 0.2) is 65.1 Å². The third-order valence-electron chi connectivity index (χ3n) is 3.18. The van der Waals surface area contributed by atoms with Gasteiger partial charge >= 0.3 is 0 Å². The maximum atomic E-state index is 13.5. The second kappa shape index (κ2) is 6.95. The van der Waals surface area contributed by atoms with E-state index < -0.39 is 17.5 Å². The highest BCUT2D eigenvalue weighted by atomic mass is 19.1. The Kier molecular flexibility index (Phi) is 4.56. The maximum Gasteiger partial charge on any atom is 0.291 e. The van der Waals surface area contributed by atoms with Crippen molar-refractivity contribution in [2.45, 2.75) is 6.61 Å². The van der Waals surface area contributed by atoms with Gasteiger partial charge in [-0.3, -0.25) is 4.79 Å². The number of para-hydroxylation sites is 1. The standard InChI is InChI=1S/C18H13F2NO3/c19-12-6-8-16(15(20)10-12)23-11-14-7-9-17(24-14)18(22)21-13-4-2-1-3-5-13/h1-10H,11H2,(H,21,22). The van der Waals surface area contributed by atoms with Crippen LogP contribution < -0.4 is 10.1 Å². The minimum absolute atomic E-state index is 0.0822. The summed E-state index contributed by atoms with van der Waals surface area (Å²) in [6.45, 7) is -0.0822. The number of carbonyl (C=O) groups excluding carboxylic acids is 1. The number of benzene rings is 2. The number of nitrogens with one attached hydrogen (secondary N) is 1. The summed E-state index contributed by atoms with van der Waals surface area (Å²) >= 11 is 0. The molecule has 0 aliphatic heterocycles. The van der Waals surface area contributed by atoms with Gasteiger partial charge in [-0.05, 0) is 36.4 Å². The normalized spacial score (nSPS) is 10.4. The molecule has 3 rings (SSSR count). The molecule has 2 aromatic carbocycles. The molecule has 0 saturated heterocycles. The van der Waals surface area contributed by atoms with Crippen LogP contribution in [0.3, 0.4) is 0 Å². The largest absolute Gasteiger partial charge is 0.483 e. The van der Waals surface area contributed by atoms with E-state index in [1.165, 1.54) is 12.1 Å². The van der Waals surface area contributed by atoms with Crippen LogP contribution in [-0.4, -0.2) is 5.91 Å². The van der Waals surface area contributed by atoms with Crippen LogP contribution in [0.2, 0.25) is 0 Å². The first kappa shape index (κ1) is 15.7. The molecule has 1 aromatic heterocycles. The topological polar surface area (TPSA) is 51.5 Å². The number of carbonyl (C=O) groups is 1. The third kappa shape index (κ3) is 3.78. The van der Waals surface area contributed by atoms with E-state index in [1.54, 1.807) is 30.3 Å². The number of amides is 1. The minimum atomic E-state index is -0.802. The predicted octanol–water partition coefficient (Wildman–Crippen LogP) is 4.39. The molecule has 1 amide bonds. The van der Waals surface area contributed by atoms with Gasteiger partial charge in [0.15, 0.2) is 17.3 Å². The van der Waals surface area contributed by atoms with Crippen LogP contribution >= 0.6 is 0 Å². The minimum Gasteiger partial charge on any atom is -0.483 e. The van der Waals surface area contributed by atoms with E-state index in [4.69, 9.17) is 9.15 Å². The molecule has 24 heavy (non-hydrogen) atoms. The van der Waals surface area contributed by atoms with Crippen LogP contribution in [0, 0.1) is 11.6 Å². The molecule has 0 fully saturated rings. The number of anilines is 1.